The standard InChI is InChI=1S/C17H24N2O3/c1-13-8-14(10-18-9-13)16(20)19-6-7-22-17(12-19)5-3-4-15(17)11-21-2/h8-10,15H,3-7,11-12H2,1-2H3/t15-,17-/m1/s1. The lowest BCUT2D eigenvalue weighted by Gasteiger charge is -2.44. The minimum atomic E-state index is -0.221. The van der Waals surface area contributed by atoms with Crippen LogP contribution in [0.15, 0.2) is 18.5 Å². The number of hydrogen-bond acceptors (Lipinski definition) is 4. The van der Waals surface area contributed by atoms with Crippen molar-refractivity contribution < 1.29 is 14.3 Å². The Morgan fingerprint density at radius 2 is 2.41 bits per heavy atom. The highest BCUT2D eigenvalue weighted by molar-refractivity contribution is 5.94. The minimum Gasteiger partial charge on any atom is -0.384 e. The molecule has 2 atom stereocenters. The van der Waals surface area contributed by atoms with Crippen molar-refractivity contribution in [3.8, 4) is 0 Å². The van der Waals surface area contributed by atoms with Crippen LogP contribution in [0, 0.1) is 12.8 Å². The third-order valence-electron chi connectivity index (χ3n) is 4.88. The van der Waals surface area contributed by atoms with Crippen molar-refractivity contribution in [1.82, 2.24) is 9.88 Å². The fourth-order valence-electron chi connectivity index (χ4n) is 3.78. The van der Waals surface area contributed by atoms with Crippen molar-refractivity contribution in [3.63, 3.8) is 0 Å². The highest BCUT2D eigenvalue weighted by atomic mass is 16.5. The quantitative estimate of drug-likeness (QED) is 0.857. The van der Waals surface area contributed by atoms with E-state index in [1.165, 1.54) is 0 Å². The molecule has 1 aromatic rings. The molecule has 1 spiro atoms. The van der Waals surface area contributed by atoms with Gasteiger partial charge < -0.3 is 14.4 Å². The molecule has 0 bridgehead atoms. The third kappa shape index (κ3) is 2.88. The smallest absolute Gasteiger partial charge is 0.255 e. The van der Waals surface area contributed by atoms with E-state index >= 15 is 0 Å². The van der Waals surface area contributed by atoms with Crippen molar-refractivity contribution in [2.24, 2.45) is 5.92 Å². The normalized spacial score (nSPS) is 28.3. The molecule has 2 heterocycles. The largest absolute Gasteiger partial charge is 0.384 e. The van der Waals surface area contributed by atoms with Crippen molar-refractivity contribution in [3.05, 3.63) is 29.6 Å². The van der Waals surface area contributed by atoms with E-state index in [2.05, 4.69) is 4.98 Å². The summed E-state index contributed by atoms with van der Waals surface area (Å²) in [6.45, 7) is 4.57. The number of aryl methyl sites for hydroxylation is 1. The Balaban J connectivity index is 1.76. The number of ether oxygens (including phenoxy) is 2. The molecule has 1 aliphatic carbocycles. The number of carbonyl (C=O) groups excluding carboxylic acids is 1. The summed E-state index contributed by atoms with van der Waals surface area (Å²) in [5.41, 5.74) is 1.45. The Hall–Kier alpha value is -1.46. The Kier molecular flexibility index (Phi) is 4.45. The monoisotopic (exact) mass is 304 g/mol. The summed E-state index contributed by atoms with van der Waals surface area (Å²) in [5.74, 6) is 0.436. The van der Waals surface area contributed by atoms with E-state index in [4.69, 9.17) is 9.47 Å². The van der Waals surface area contributed by atoms with Crippen LogP contribution in [0.1, 0.15) is 35.2 Å². The van der Waals surface area contributed by atoms with E-state index in [0.717, 1.165) is 24.8 Å². The molecule has 0 N–H and O–H groups in total. The van der Waals surface area contributed by atoms with E-state index in [9.17, 15) is 4.79 Å². The molecular weight excluding hydrogens is 280 g/mol. The van der Waals surface area contributed by atoms with E-state index < -0.39 is 0 Å². The third-order valence-corrected chi connectivity index (χ3v) is 4.88. The van der Waals surface area contributed by atoms with Crippen LogP contribution >= 0.6 is 0 Å². The zero-order valence-corrected chi connectivity index (χ0v) is 13.4. The van der Waals surface area contributed by atoms with Gasteiger partial charge in [0.2, 0.25) is 0 Å². The molecule has 0 radical (unpaired) electrons. The van der Waals surface area contributed by atoms with Gasteiger partial charge in [0, 0.05) is 32.0 Å². The Labute approximate surface area is 131 Å². The second-order valence-electron chi connectivity index (χ2n) is 6.44. The summed E-state index contributed by atoms with van der Waals surface area (Å²) in [5, 5.41) is 0. The van der Waals surface area contributed by atoms with Gasteiger partial charge in [-0.05, 0) is 31.4 Å². The van der Waals surface area contributed by atoms with Crippen LogP contribution in [0.4, 0.5) is 0 Å². The lowest BCUT2D eigenvalue weighted by molar-refractivity contribution is -0.130. The van der Waals surface area contributed by atoms with Crippen LogP contribution in [-0.4, -0.2) is 54.8 Å². The Bertz CT molecular complexity index is 548. The summed E-state index contributed by atoms with van der Waals surface area (Å²) in [4.78, 5) is 18.8. The van der Waals surface area contributed by atoms with E-state index in [0.29, 0.717) is 37.8 Å². The topological polar surface area (TPSA) is 51.7 Å². The molecule has 1 aromatic heterocycles. The summed E-state index contributed by atoms with van der Waals surface area (Å²) in [6.07, 6.45) is 6.68. The van der Waals surface area contributed by atoms with Crippen molar-refractivity contribution >= 4 is 5.91 Å². The molecule has 1 saturated carbocycles. The highest BCUT2D eigenvalue weighted by Gasteiger charge is 2.47. The molecule has 2 fully saturated rings. The van der Waals surface area contributed by atoms with Crippen LogP contribution < -0.4 is 0 Å². The molecule has 5 heteroatoms. The van der Waals surface area contributed by atoms with Crippen molar-refractivity contribution in [2.75, 3.05) is 33.4 Å². The SMILES string of the molecule is COC[C@H]1CCC[C@@]12CN(C(=O)c1cncc(C)c1)CCO2. The van der Waals surface area contributed by atoms with E-state index in [1.807, 2.05) is 17.9 Å². The molecular formula is C17H24N2O3. The average molecular weight is 304 g/mol. The lowest BCUT2D eigenvalue weighted by Crippen LogP contribution is -2.56. The number of amides is 1. The number of carbonyl (C=O) groups is 1. The summed E-state index contributed by atoms with van der Waals surface area (Å²) < 4.78 is 11.5. The van der Waals surface area contributed by atoms with Gasteiger partial charge in [-0.3, -0.25) is 9.78 Å². The molecule has 1 aliphatic heterocycles. The van der Waals surface area contributed by atoms with Gasteiger partial charge in [0.1, 0.15) is 0 Å². The predicted molar refractivity (Wildman–Crippen MR) is 82.8 cm³/mol. The fourth-order valence-corrected chi connectivity index (χ4v) is 3.78. The van der Waals surface area contributed by atoms with Gasteiger partial charge >= 0.3 is 0 Å². The number of nitrogens with zero attached hydrogens (tertiary/aromatic N) is 2. The van der Waals surface area contributed by atoms with Crippen molar-refractivity contribution in [1.29, 1.82) is 0 Å². The first kappa shape index (κ1) is 15.4. The molecule has 1 amide bonds. The lowest BCUT2D eigenvalue weighted by atomic mass is 9.89. The van der Waals surface area contributed by atoms with E-state index in [-0.39, 0.29) is 11.5 Å². The fraction of sp³-hybridized carbons (Fsp3) is 0.647. The zero-order valence-electron chi connectivity index (χ0n) is 13.4. The van der Waals surface area contributed by atoms with Gasteiger partial charge in [0.05, 0.1) is 30.9 Å². The molecule has 2 aliphatic rings. The minimum absolute atomic E-state index is 0.0574. The average Bonchev–Trinajstić information content (AvgIpc) is 2.89. The molecule has 22 heavy (non-hydrogen) atoms. The van der Waals surface area contributed by atoms with Gasteiger partial charge in [0.15, 0.2) is 0 Å². The summed E-state index contributed by atoms with van der Waals surface area (Å²) >= 11 is 0. The van der Waals surface area contributed by atoms with Crippen LogP contribution in [0.3, 0.4) is 0 Å². The maximum atomic E-state index is 12.8. The Morgan fingerprint density at radius 1 is 1.55 bits per heavy atom. The molecule has 0 unspecified atom stereocenters. The van der Waals surface area contributed by atoms with Gasteiger partial charge in [-0.1, -0.05) is 6.42 Å². The first-order valence-corrected chi connectivity index (χ1v) is 7.98. The van der Waals surface area contributed by atoms with Gasteiger partial charge in [0.25, 0.3) is 5.91 Å². The van der Waals surface area contributed by atoms with Crippen LogP contribution in [0.2, 0.25) is 0 Å². The number of methoxy groups -OCH3 is 1. The first-order chi connectivity index (χ1) is 10.6. The van der Waals surface area contributed by atoms with Crippen LogP contribution in [-0.2, 0) is 9.47 Å². The van der Waals surface area contributed by atoms with Gasteiger partial charge in [-0.25, -0.2) is 0 Å². The maximum Gasteiger partial charge on any atom is 0.255 e. The number of aromatic nitrogens is 1. The second kappa shape index (κ2) is 6.34. The zero-order chi connectivity index (χ0) is 15.6. The number of hydrogen-bond donors (Lipinski definition) is 0. The van der Waals surface area contributed by atoms with Crippen LogP contribution in [0.25, 0.3) is 0 Å². The number of pyridine rings is 1. The van der Waals surface area contributed by atoms with Crippen molar-refractivity contribution in [2.45, 2.75) is 31.8 Å². The predicted octanol–water partition coefficient (Wildman–Crippen LogP) is 2.05. The maximum absolute atomic E-state index is 12.8. The second-order valence-corrected chi connectivity index (χ2v) is 6.44. The molecule has 3 rings (SSSR count). The summed E-state index contributed by atoms with van der Waals surface area (Å²) in [6, 6.07) is 1.90. The van der Waals surface area contributed by atoms with Crippen LogP contribution in [0.5, 0.6) is 0 Å². The summed E-state index contributed by atoms with van der Waals surface area (Å²) in [7, 11) is 1.73. The molecule has 0 aromatic carbocycles. The highest BCUT2D eigenvalue weighted by Crippen LogP contribution is 2.41. The number of morpholine rings is 1. The molecule has 1 saturated heterocycles. The van der Waals surface area contributed by atoms with Gasteiger partial charge in [-0.2, -0.15) is 0 Å². The number of rotatable bonds is 3. The Morgan fingerprint density at radius 3 is 3.18 bits per heavy atom. The molecule has 5 nitrogen and oxygen atoms in total. The van der Waals surface area contributed by atoms with Gasteiger partial charge in [-0.15, -0.1) is 0 Å². The first-order valence-electron chi connectivity index (χ1n) is 7.98. The molecule has 120 valence electrons. The van der Waals surface area contributed by atoms with E-state index in [1.54, 1.807) is 19.5 Å².